The van der Waals surface area contributed by atoms with Crippen molar-refractivity contribution >= 4 is 24.0 Å². The van der Waals surface area contributed by atoms with Crippen molar-refractivity contribution in [1.29, 1.82) is 0 Å². The number of carbonyl (C=O) groups excluding carboxylic acids is 1. The molecule has 0 aliphatic heterocycles. The Morgan fingerprint density at radius 3 is 2.67 bits per heavy atom. The molecule has 27 heavy (non-hydrogen) atoms. The van der Waals surface area contributed by atoms with Gasteiger partial charge in [-0.05, 0) is 39.0 Å². The fourth-order valence-electron chi connectivity index (χ4n) is 3.39. The molecule has 6 nitrogen and oxygen atoms in total. The number of rotatable bonds is 5. The number of aromatic nitrogens is 1. The second kappa shape index (κ2) is 7.62. The lowest BCUT2D eigenvalue weighted by atomic mass is 9.54. The summed E-state index contributed by atoms with van der Waals surface area (Å²) >= 11 is 0. The molecular weight excluding hydrogens is 366 g/mol. The lowest BCUT2D eigenvalue weighted by molar-refractivity contribution is -0.166. The number of oxazole rings is 1. The van der Waals surface area contributed by atoms with Gasteiger partial charge in [0.2, 0.25) is 11.8 Å². The first-order chi connectivity index (χ1) is 12.2. The van der Waals surface area contributed by atoms with Crippen molar-refractivity contribution in [1.82, 2.24) is 4.98 Å². The maximum Gasteiger partial charge on any atom is 0.245 e. The van der Waals surface area contributed by atoms with Gasteiger partial charge < -0.3 is 20.2 Å². The zero-order chi connectivity index (χ0) is 19.1. The van der Waals surface area contributed by atoms with Crippen LogP contribution >= 0.6 is 12.4 Å². The number of hydrogen-bond donors (Lipinski definition) is 2. The highest BCUT2D eigenvalue weighted by atomic mass is 35.5. The zero-order valence-corrected chi connectivity index (χ0v) is 17.3. The Balaban J connectivity index is 0.00000261. The Kier molecular flexibility index (Phi) is 6.04. The molecule has 1 amide bonds. The summed E-state index contributed by atoms with van der Waals surface area (Å²) in [5.41, 5.74) is 7.39. The van der Waals surface area contributed by atoms with E-state index in [1.54, 1.807) is 0 Å². The molecule has 0 bridgehead atoms. The van der Waals surface area contributed by atoms with Crippen LogP contribution in [-0.2, 0) is 9.53 Å². The molecule has 2 aromatic rings. The number of nitrogens with two attached hydrogens (primary N) is 1. The van der Waals surface area contributed by atoms with Crippen LogP contribution in [0.5, 0.6) is 0 Å². The van der Waals surface area contributed by atoms with Crippen LogP contribution in [-0.4, -0.2) is 29.1 Å². The summed E-state index contributed by atoms with van der Waals surface area (Å²) < 4.78 is 11.4. The number of hydrogen-bond acceptors (Lipinski definition) is 5. The third-order valence-corrected chi connectivity index (χ3v) is 5.63. The Bertz CT molecular complexity index is 814. The summed E-state index contributed by atoms with van der Waals surface area (Å²) in [6, 6.07) is 7.44. The van der Waals surface area contributed by atoms with Crippen molar-refractivity contribution in [2.24, 2.45) is 11.1 Å². The zero-order valence-electron chi connectivity index (χ0n) is 16.5. The van der Waals surface area contributed by atoms with E-state index in [-0.39, 0.29) is 24.4 Å². The lowest BCUT2D eigenvalue weighted by Crippen LogP contribution is -2.74. The summed E-state index contributed by atoms with van der Waals surface area (Å²) in [6.07, 6.45) is 0.505. The summed E-state index contributed by atoms with van der Waals surface area (Å²) in [4.78, 5) is 17.3. The van der Waals surface area contributed by atoms with Crippen LogP contribution in [0.15, 0.2) is 28.7 Å². The number of carbonyl (C=O) groups is 1. The number of nitrogens with one attached hydrogen (secondary N) is 1. The quantitative estimate of drug-likeness (QED) is 0.805. The normalized spacial score (nSPS) is 23.3. The first-order valence-electron chi connectivity index (χ1n) is 8.95. The molecule has 3 N–H and O–H groups in total. The molecule has 2 unspecified atom stereocenters. The molecule has 148 valence electrons. The van der Waals surface area contributed by atoms with Crippen LogP contribution in [0.4, 0.5) is 5.69 Å². The van der Waals surface area contributed by atoms with Crippen LogP contribution in [0.3, 0.4) is 0 Å². The van der Waals surface area contributed by atoms with E-state index in [2.05, 4.69) is 10.3 Å². The van der Waals surface area contributed by atoms with Crippen molar-refractivity contribution in [3.63, 3.8) is 0 Å². The topological polar surface area (TPSA) is 90.4 Å². The number of benzene rings is 1. The Hall–Kier alpha value is -1.89. The monoisotopic (exact) mass is 393 g/mol. The minimum absolute atomic E-state index is 0. The minimum atomic E-state index is -0.959. The number of amides is 1. The summed E-state index contributed by atoms with van der Waals surface area (Å²) in [5, 5.41) is 2.95. The highest BCUT2D eigenvalue weighted by Gasteiger charge is 2.62. The van der Waals surface area contributed by atoms with Crippen molar-refractivity contribution in [2.75, 3.05) is 11.9 Å². The molecule has 0 spiro atoms. The molecule has 1 heterocycles. The van der Waals surface area contributed by atoms with Gasteiger partial charge in [0.25, 0.3) is 0 Å². The van der Waals surface area contributed by atoms with E-state index in [1.807, 2.05) is 58.9 Å². The second-order valence-corrected chi connectivity index (χ2v) is 7.54. The third kappa shape index (κ3) is 3.61. The SMILES string of the molecule is CCOC1CC(N)(C(=O)Nc2cccc(-c3nc(C)c(C)o3)c2)C1(C)C.Cl. The van der Waals surface area contributed by atoms with E-state index in [0.717, 1.165) is 17.0 Å². The van der Waals surface area contributed by atoms with Crippen LogP contribution in [0, 0.1) is 19.3 Å². The molecule has 1 saturated carbocycles. The Labute approximate surface area is 166 Å². The highest BCUT2D eigenvalue weighted by Crippen LogP contribution is 2.50. The van der Waals surface area contributed by atoms with E-state index in [4.69, 9.17) is 14.9 Å². The maximum atomic E-state index is 12.9. The first kappa shape index (κ1) is 21.4. The fraction of sp³-hybridized carbons (Fsp3) is 0.500. The lowest BCUT2D eigenvalue weighted by Gasteiger charge is -2.57. The molecule has 3 rings (SSSR count). The van der Waals surface area contributed by atoms with Crippen molar-refractivity contribution in [3.8, 4) is 11.5 Å². The molecule has 1 aliphatic rings. The van der Waals surface area contributed by atoms with Crippen LogP contribution < -0.4 is 11.1 Å². The van der Waals surface area contributed by atoms with Gasteiger partial charge >= 0.3 is 0 Å². The molecule has 0 radical (unpaired) electrons. The molecule has 1 fully saturated rings. The van der Waals surface area contributed by atoms with Gasteiger partial charge in [-0.15, -0.1) is 12.4 Å². The van der Waals surface area contributed by atoms with Gasteiger partial charge in [-0.1, -0.05) is 19.9 Å². The van der Waals surface area contributed by atoms with Crippen molar-refractivity contribution in [2.45, 2.75) is 52.7 Å². The van der Waals surface area contributed by atoms with Gasteiger partial charge in [-0.2, -0.15) is 0 Å². The number of nitrogens with zero attached hydrogens (tertiary/aromatic N) is 1. The minimum Gasteiger partial charge on any atom is -0.441 e. The molecule has 7 heteroatoms. The first-order valence-corrected chi connectivity index (χ1v) is 8.95. The fourth-order valence-corrected chi connectivity index (χ4v) is 3.39. The van der Waals surface area contributed by atoms with E-state index < -0.39 is 11.0 Å². The van der Waals surface area contributed by atoms with Gasteiger partial charge in [0.05, 0.1) is 11.8 Å². The predicted molar refractivity (Wildman–Crippen MR) is 108 cm³/mol. The van der Waals surface area contributed by atoms with Gasteiger partial charge in [0.1, 0.15) is 11.3 Å². The second-order valence-electron chi connectivity index (χ2n) is 7.54. The molecular formula is C20H28ClN3O3. The van der Waals surface area contributed by atoms with Crippen LogP contribution in [0.25, 0.3) is 11.5 Å². The molecule has 0 saturated heterocycles. The smallest absolute Gasteiger partial charge is 0.245 e. The Morgan fingerprint density at radius 1 is 1.41 bits per heavy atom. The van der Waals surface area contributed by atoms with Gasteiger partial charge in [-0.25, -0.2) is 4.98 Å². The average molecular weight is 394 g/mol. The standard InChI is InChI=1S/C20H27N3O3.ClH/c1-6-25-16-11-20(21,19(16,4)5)18(24)23-15-9-7-8-14(10-15)17-22-12(2)13(3)26-17;/h7-10,16H,6,11,21H2,1-5H3,(H,23,24);1H. The van der Waals surface area contributed by atoms with Gasteiger partial charge in [-0.3, -0.25) is 4.79 Å². The highest BCUT2D eigenvalue weighted by molar-refractivity contribution is 6.00. The molecule has 1 aromatic heterocycles. The molecule has 1 aliphatic carbocycles. The average Bonchev–Trinajstić information content (AvgIpc) is 2.94. The van der Waals surface area contributed by atoms with Crippen LogP contribution in [0.1, 0.15) is 38.6 Å². The van der Waals surface area contributed by atoms with Crippen molar-refractivity contribution in [3.05, 3.63) is 35.7 Å². The van der Waals surface area contributed by atoms with E-state index in [1.165, 1.54) is 0 Å². The molecule has 2 atom stereocenters. The van der Waals surface area contributed by atoms with Gasteiger partial charge in [0, 0.05) is 29.7 Å². The van der Waals surface area contributed by atoms with E-state index in [0.29, 0.717) is 24.6 Å². The predicted octanol–water partition coefficient (Wildman–Crippen LogP) is 3.85. The summed E-state index contributed by atoms with van der Waals surface area (Å²) in [6.45, 7) is 10.3. The number of anilines is 1. The summed E-state index contributed by atoms with van der Waals surface area (Å²) in [7, 11) is 0. The number of halogens is 1. The largest absolute Gasteiger partial charge is 0.441 e. The number of ether oxygens (including phenoxy) is 1. The number of aryl methyl sites for hydroxylation is 2. The third-order valence-electron chi connectivity index (χ3n) is 5.63. The Morgan fingerprint density at radius 2 is 2.11 bits per heavy atom. The molecule has 1 aromatic carbocycles. The maximum absolute atomic E-state index is 12.9. The van der Waals surface area contributed by atoms with Crippen LogP contribution in [0.2, 0.25) is 0 Å². The van der Waals surface area contributed by atoms with E-state index >= 15 is 0 Å². The van der Waals surface area contributed by atoms with E-state index in [9.17, 15) is 4.79 Å². The van der Waals surface area contributed by atoms with Gasteiger partial charge in [0.15, 0.2) is 0 Å². The summed E-state index contributed by atoms with van der Waals surface area (Å²) in [5.74, 6) is 1.13. The van der Waals surface area contributed by atoms with Crippen molar-refractivity contribution < 1.29 is 13.9 Å².